The van der Waals surface area contributed by atoms with Crippen molar-refractivity contribution in [3.63, 3.8) is 0 Å². The zero-order valence-electron chi connectivity index (χ0n) is 23.1. The van der Waals surface area contributed by atoms with E-state index in [1.165, 1.54) is 11.8 Å². The molecular weight excluding hydrogens is 482 g/mol. The number of benzene rings is 2. The van der Waals surface area contributed by atoms with E-state index in [4.69, 9.17) is 5.11 Å². The number of para-hydroxylation sites is 1. The molecule has 2 aromatic carbocycles. The lowest BCUT2D eigenvalue weighted by molar-refractivity contribution is -0.137. The molecule has 0 atom stereocenters. The number of rotatable bonds is 9. The third-order valence-corrected chi connectivity index (χ3v) is 7.73. The van der Waals surface area contributed by atoms with Gasteiger partial charge in [0.2, 0.25) is 0 Å². The van der Waals surface area contributed by atoms with Gasteiger partial charge in [0, 0.05) is 29.0 Å². The number of thioether (sulfide) groups is 1. The summed E-state index contributed by atoms with van der Waals surface area (Å²) in [5, 5.41) is 19.9. The molecule has 2 aromatic rings. The molecular formula is C31H41NO4S. The van der Waals surface area contributed by atoms with Crippen LogP contribution in [0, 0.1) is 0 Å². The van der Waals surface area contributed by atoms with Crippen LogP contribution in [0.3, 0.4) is 0 Å². The van der Waals surface area contributed by atoms with Crippen molar-refractivity contribution in [2.75, 3.05) is 11.4 Å². The molecule has 0 radical (unpaired) electrons. The summed E-state index contributed by atoms with van der Waals surface area (Å²) in [6, 6.07) is 12.0. The second-order valence-electron chi connectivity index (χ2n) is 11.9. The van der Waals surface area contributed by atoms with Crippen LogP contribution in [0.1, 0.15) is 96.8 Å². The number of aliphatic carboxylic acids is 1. The van der Waals surface area contributed by atoms with Crippen LogP contribution < -0.4 is 4.90 Å². The molecule has 0 saturated heterocycles. The van der Waals surface area contributed by atoms with Crippen molar-refractivity contribution in [2.24, 2.45) is 0 Å². The first-order chi connectivity index (χ1) is 17.3. The molecule has 0 bridgehead atoms. The molecule has 5 nitrogen and oxygen atoms in total. The van der Waals surface area contributed by atoms with E-state index < -0.39 is 5.97 Å². The molecule has 37 heavy (non-hydrogen) atoms. The molecule has 1 amide bonds. The molecule has 6 heteroatoms. The van der Waals surface area contributed by atoms with Gasteiger partial charge >= 0.3 is 5.97 Å². The number of hydrogen-bond donors (Lipinski definition) is 2. The van der Waals surface area contributed by atoms with Crippen LogP contribution in [0.15, 0.2) is 46.2 Å². The SMILES string of the molecule is CC(C)(C)c1cc(C=C2Sc3ccccc3N(CCCCCCCC(=O)O)C2=O)cc(C(C)(C)C)c1O. The van der Waals surface area contributed by atoms with Gasteiger partial charge in [-0.2, -0.15) is 0 Å². The Balaban J connectivity index is 1.88. The first-order valence-corrected chi connectivity index (χ1v) is 14.0. The maximum absolute atomic E-state index is 13.7. The van der Waals surface area contributed by atoms with Crippen LogP contribution in [0.5, 0.6) is 5.75 Å². The average molecular weight is 524 g/mol. The minimum Gasteiger partial charge on any atom is -0.507 e. The number of phenols is 1. The Labute approximate surface area is 226 Å². The second-order valence-corrected chi connectivity index (χ2v) is 13.0. The van der Waals surface area contributed by atoms with Crippen LogP contribution in [-0.4, -0.2) is 28.6 Å². The van der Waals surface area contributed by atoms with E-state index in [0.717, 1.165) is 53.0 Å². The summed E-state index contributed by atoms with van der Waals surface area (Å²) in [4.78, 5) is 28.0. The molecule has 0 saturated carbocycles. The fraction of sp³-hybridized carbons (Fsp3) is 0.484. The summed E-state index contributed by atoms with van der Waals surface area (Å²) in [5.74, 6) is -0.414. The lowest BCUT2D eigenvalue weighted by atomic mass is 9.78. The maximum Gasteiger partial charge on any atom is 0.303 e. The van der Waals surface area contributed by atoms with Crippen LogP contribution in [0.4, 0.5) is 5.69 Å². The molecule has 1 heterocycles. The van der Waals surface area contributed by atoms with Crippen LogP contribution >= 0.6 is 11.8 Å². The number of nitrogens with zero attached hydrogens (tertiary/aromatic N) is 1. The van der Waals surface area contributed by atoms with Crippen LogP contribution in [-0.2, 0) is 20.4 Å². The minimum absolute atomic E-state index is 0.00253. The van der Waals surface area contributed by atoms with Crippen LogP contribution in [0.25, 0.3) is 6.08 Å². The van der Waals surface area contributed by atoms with Gasteiger partial charge in [-0.3, -0.25) is 9.59 Å². The zero-order chi connectivity index (χ0) is 27.4. The van der Waals surface area contributed by atoms with Gasteiger partial charge in [-0.15, -0.1) is 0 Å². The first-order valence-electron chi connectivity index (χ1n) is 13.2. The summed E-state index contributed by atoms with van der Waals surface area (Å²) in [5.41, 5.74) is 3.12. The first kappa shape index (κ1) is 28.8. The Morgan fingerprint density at radius 3 is 2.08 bits per heavy atom. The highest BCUT2D eigenvalue weighted by Crippen LogP contribution is 2.44. The van der Waals surface area contributed by atoms with Crippen molar-refractivity contribution in [1.29, 1.82) is 0 Å². The molecule has 1 aliphatic heterocycles. The third-order valence-electron chi connectivity index (χ3n) is 6.65. The Bertz CT molecular complexity index is 1140. The number of fused-ring (bicyclic) bond motifs is 1. The van der Waals surface area contributed by atoms with Crippen molar-refractivity contribution in [3.05, 3.63) is 58.0 Å². The Hall–Kier alpha value is -2.73. The van der Waals surface area contributed by atoms with E-state index in [0.29, 0.717) is 23.6 Å². The topological polar surface area (TPSA) is 77.8 Å². The smallest absolute Gasteiger partial charge is 0.303 e. The van der Waals surface area contributed by atoms with E-state index in [1.54, 1.807) is 0 Å². The highest BCUT2D eigenvalue weighted by atomic mass is 32.2. The number of carboxylic acids is 1. The lowest BCUT2D eigenvalue weighted by Gasteiger charge is -2.31. The fourth-order valence-corrected chi connectivity index (χ4v) is 5.65. The average Bonchev–Trinajstić information content (AvgIpc) is 2.79. The number of amides is 1. The van der Waals surface area contributed by atoms with E-state index in [2.05, 4.69) is 47.6 Å². The predicted molar refractivity (Wildman–Crippen MR) is 153 cm³/mol. The number of carbonyl (C=O) groups excluding carboxylic acids is 1. The van der Waals surface area contributed by atoms with Gasteiger partial charge < -0.3 is 15.1 Å². The molecule has 200 valence electrons. The molecule has 3 rings (SSSR count). The van der Waals surface area contributed by atoms with E-state index >= 15 is 0 Å². The molecule has 0 fully saturated rings. The van der Waals surface area contributed by atoms with E-state index in [9.17, 15) is 14.7 Å². The normalized spacial score (nSPS) is 15.2. The predicted octanol–water partition coefficient (Wildman–Crippen LogP) is 7.89. The highest BCUT2D eigenvalue weighted by molar-refractivity contribution is 8.04. The van der Waals surface area contributed by atoms with Gasteiger partial charge in [-0.1, -0.05) is 84.7 Å². The highest BCUT2D eigenvalue weighted by Gasteiger charge is 2.30. The summed E-state index contributed by atoms with van der Waals surface area (Å²) in [6.07, 6.45) is 6.56. The quantitative estimate of drug-likeness (QED) is 0.258. The number of anilines is 1. The lowest BCUT2D eigenvalue weighted by Crippen LogP contribution is -2.35. The Morgan fingerprint density at radius 1 is 0.919 bits per heavy atom. The standard InChI is InChI=1S/C31H41NO4S/c1-30(2,3)22-18-21(19-23(28(22)35)31(4,5)6)20-26-29(36)32(24-14-11-12-15-25(24)37-26)17-13-9-7-8-10-16-27(33)34/h11-12,14-15,18-20,35H,7-10,13,16-17H2,1-6H3,(H,33,34). The number of hydrogen-bond acceptors (Lipinski definition) is 4. The molecule has 1 aliphatic rings. The number of phenolic OH excluding ortho intramolecular Hbond substituents is 1. The minimum atomic E-state index is -0.745. The van der Waals surface area contributed by atoms with Gasteiger partial charge in [0.1, 0.15) is 5.75 Å². The van der Waals surface area contributed by atoms with Crippen molar-refractivity contribution in [2.45, 2.75) is 95.8 Å². The van der Waals surface area contributed by atoms with Gasteiger partial charge in [0.05, 0.1) is 10.6 Å². The fourth-order valence-electron chi connectivity index (χ4n) is 4.60. The van der Waals surface area contributed by atoms with Crippen molar-refractivity contribution >= 4 is 35.4 Å². The molecule has 0 spiro atoms. The monoisotopic (exact) mass is 523 g/mol. The van der Waals surface area contributed by atoms with Crippen LogP contribution in [0.2, 0.25) is 0 Å². The molecule has 0 unspecified atom stereocenters. The number of unbranched alkanes of at least 4 members (excludes halogenated alkanes) is 4. The summed E-state index contributed by atoms with van der Waals surface area (Å²) < 4.78 is 0. The Kier molecular flexibility index (Phi) is 9.17. The molecule has 0 aromatic heterocycles. The number of carboxylic acid groups (broad SMARTS) is 1. The van der Waals surface area contributed by atoms with Gasteiger partial charge in [0.25, 0.3) is 5.91 Å². The van der Waals surface area contributed by atoms with Crippen molar-refractivity contribution in [3.8, 4) is 5.75 Å². The van der Waals surface area contributed by atoms with E-state index in [-0.39, 0.29) is 23.2 Å². The summed E-state index contributed by atoms with van der Waals surface area (Å²) in [7, 11) is 0. The summed E-state index contributed by atoms with van der Waals surface area (Å²) in [6.45, 7) is 13.2. The van der Waals surface area contributed by atoms with Gasteiger partial charge in [0.15, 0.2) is 0 Å². The zero-order valence-corrected chi connectivity index (χ0v) is 23.9. The molecule has 0 aliphatic carbocycles. The summed E-state index contributed by atoms with van der Waals surface area (Å²) >= 11 is 1.50. The maximum atomic E-state index is 13.7. The Morgan fingerprint density at radius 2 is 1.49 bits per heavy atom. The largest absolute Gasteiger partial charge is 0.507 e. The number of carbonyl (C=O) groups is 2. The van der Waals surface area contributed by atoms with Gasteiger partial charge in [-0.25, -0.2) is 0 Å². The van der Waals surface area contributed by atoms with E-state index in [1.807, 2.05) is 41.3 Å². The second kappa shape index (κ2) is 11.8. The van der Waals surface area contributed by atoms with Crippen molar-refractivity contribution < 1.29 is 19.8 Å². The van der Waals surface area contributed by atoms with Gasteiger partial charge in [-0.05, 0) is 59.6 Å². The van der Waals surface area contributed by atoms with Crippen molar-refractivity contribution in [1.82, 2.24) is 0 Å². The number of aromatic hydroxyl groups is 1. The molecule has 2 N–H and O–H groups in total. The third kappa shape index (κ3) is 7.41.